The highest BCUT2D eigenvalue weighted by atomic mass is 32.1. The van der Waals surface area contributed by atoms with Crippen LogP contribution in [0.4, 0.5) is 5.69 Å². The van der Waals surface area contributed by atoms with E-state index in [9.17, 15) is 5.26 Å². The zero-order valence-electron chi connectivity index (χ0n) is 12.4. The first-order valence-corrected chi connectivity index (χ1v) is 8.06. The lowest BCUT2D eigenvalue weighted by molar-refractivity contribution is 0.893. The highest BCUT2D eigenvalue weighted by molar-refractivity contribution is 7.16. The van der Waals surface area contributed by atoms with E-state index in [0.29, 0.717) is 17.3 Å². The molecule has 1 aliphatic carbocycles. The maximum absolute atomic E-state index is 9.52. The Morgan fingerprint density at radius 1 is 1.27 bits per heavy atom. The van der Waals surface area contributed by atoms with Crippen molar-refractivity contribution >= 4 is 22.0 Å². The van der Waals surface area contributed by atoms with Crippen molar-refractivity contribution in [2.75, 3.05) is 19.0 Å². The van der Waals surface area contributed by atoms with Crippen LogP contribution < -0.4 is 4.90 Å². The summed E-state index contributed by atoms with van der Waals surface area (Å²) in [6.45, 7) is 0. The third-order valence-corrected chi connectivity index (χ3v) is 4.98. The number of benzene rings is 1. The van der Waals surface area contributed by atoms with Crippen LogP contribution in [0.1, 0.15) is 29.5 Å². The van der Waals surface area contributed by atoms with Crippen molar-refractivity contribution in [1.29, 1.82) is 5.26 Å². The third kappa shape index (κ3) is 2.06. The second kappa shape index (κ2) is 4.82. The Morgan fingerprint density at radius 3 is 2.59 bits per heavy atom. The largest absolute Gasteiger partial charge is 0.378 e. The fraction of sp³-hybridized carbons (Fsp3) is 0.312. The summed E-state index contributed by atoms with van der Waals surface area (Å²) in [5.41, 5.74) is 3.31. The summed E-state index contributed by atoms with van der Waals surface area (Å²) in [6, 6.07) is 10.3. The molecule has 0 saturated heterocycles. The second-order valence-corrected chi connectivity index (χ2v) is 6.76. The molecule has 1 aromatic carbocycles. The van der Waals surface area contributed by atoms with E-state index < -0.39 is 0 Å². The van der Waals surface area contributed by atoms with Crippen LogP contribution >= 0.6 is 11.3 Å². The summed E-state index contributed by atoms with van der Waals surface area (Å²) in [7, 11) is 4.01. The van der Waals surface area contributed by atoms with Crippen LogP contribution in [-0.4, -0.2) is 28.7 Å². The summed E-state index contributed by atoms with van der Waals surface area (Å²) in [4.78, 5) is 7.50. The van der Waals surface area contributed by atoms with Crippen LogP contribution in [0.2, 0.25) is 0 Å². The highest BCUT2D eigenvalue weighted by Crippen LogP contribution is 2.42. The topological polar surface area (TPSA) is 57.2 Å². The number of nitrogens with zero attached hydrogens (tertiary/aromatic N) is 5. The van der Waals surface area contributed by atoms with E-state index in [1.54, 1.807) is 15.9 Å². The molecule has 0 spiro atoms. The zero-order valence-corrected chi connectivity index (χ0v) is 13.3. The Morgan fingerprint density at radius 2 is 2.00 bits per heavy atom. The molecular formula is C16H15N5S. The molecule has 0 aliphatic heterocycles. The van der Waals surface area contributed by atoms with Crippen LogP contribution in [0, 0.1) is 11.3 Å². The van der Waals surface area contributed by atoms with Gasteiger partial charge in [0.25, 0.3) is 0 Å². The van der Waals surface area contributed by atoms with Crippen molar-refractivity contribution in [3.05, 3.63) is 35.0 Å². The second-order valence-electron chi connectivity index (χ2n) is 5.77. The predicted octanol–water partition coefficient (Wildman–Crippen LogP) is 3.27. The summed E-state index contributed by atoms with van der Waals surface area (Å²) in [5.74, 6) is 0.584. The van der Waals surface area contributed by atoms with Crippen molar-refractivity contribution in [2.45, 2.75) is 18.8 Å². The smallest absolute Gasteiger partial charge is 0.214 e. The number of hydrogen-bond acceptors (Lipinski definition) is 5. The molecule has 2 heterocycles. The van der Waals surface area contributed by atoms with Crippen LogP contribution in [0.3, 0.4) is 0 Å². The molecule has 2 aromatic heterocycles. The Kier molecular flexibility index (Phi) is 2.91. The minimum Gasteiger partial charge on any atom is -0.378 e. The van der Waals surface area contributed by atoms with Crippen molar-refractivity contribution in [1.82, 2.24) is 14.6 Å². The lowest BCUT2D eigenvalue weighted by Gasteiger charge is -2.12. The van der Waals surface area contributed by atoms with Crippen LogP contribution in [0.5, 0.6) is 0 Å². The van der Waals surface area contributed by atoms with Gasteiger partial charge in [0.05, 0.1) is 0 Å². The van der Waals surface area contributed by atoms with Gasteiger partial charge in [-0.05, 0) is 25.0 Å². The van der Waals surface area contributed by atoms with Gasteiger partial charge in [-0.15, -0.1) is 0 Å². The van der Waals surface area contributed by atoms with Gasteiger partial charge < -0.3 is 4.90 Å². The average Bonchev–Trinajstić information content (AvgIpc) is 3.20. The fourth-order valence-electron chi connectivity index (χ4n) is 2.48. The maximum atomic E-state index is 9.52. The minimum absolute atomic E-state index is 0.524. The first-order chi connectivity index (χ1) is 10.7. The number of imidazole rings is 1. The molecule has 1 fully saturated rings. The molecule has 0 N–H and O–H groups in total. The molecule has 4 rings (SSSR count). The molecule has 0 atom stereocenters. The molecule has 1 saturated carbocycles. The Balaban J connectivity index is 1.80. The molecule has 0 unspecified atom stereocenters. The highest BCUT2D eigenvalue weighted by Gasteiger charge is 2.29. The monoisotopic (exact) mass is 309 g/mol. The van der Waals surface area contributed by atoms with E-state index in [4.69, 9.17) is 0 Å². The van der Waals surface area contributed by atoms with Gasteiger partial charge in [-0.2, -0.15) is 14.9 Å². The Bertz CT molecular complexity index is 878. The van der Waals surface area contributed by atoms with E-state index in [2.05, 4.69) is 16.2 Å². The molecule has 0 radical (unpaired) electrons. The van der Waals surface area contributed by atoms with Gasteiger partial charge in [0.15, 0.2) is 5.69 Å². The fourth-order valence-corrected chi connectivity index (χ4v) is 3.54. The molecule has 22 heavy (non-hydrogen) atoms. The van der Waals surface area contributed by atoms with E-state index >= 15 is 0 Å². The van der Waals surface area contributed by atoms with E-state index in [1.165, 1.54) is 12.8 Å². The van der Waals surface area contributed by atoms with Crippen molar-refractivity contribution in [2.24, 2.45) is 0 Å². The lowest BCUT2D eigenvalue weighted by Crippen LogP contribution is -2.07. The predicted molar refractivity (Wildman–Crippen MR) is 87.3 cm³/mol. The molecule has 5 nitrogen and oxygen atoms in total. The molecule has 0 bridgehead atoms. The zero-order chi connectivity index (χ0) is 15.3. The summed E-state index contributed by atoms with van der Waals surface area (Å²) in [5, 5.41) is 15.2. The summed E-state index contributed by atoms with van der Waals surface area (Å²) >= 11 is 1.60. The molecule has 6 heteroatoms. The average molecular weight is 309 g/mol. The third-order valence-electron chi connectivity index (χ3n) is 3.91. The quantitative estimate of drug-likeness (QED) is 0.745. The lowest BCUT2D eigenvalue weighted by atomic mass is 10.1. The number of hydrogen-bond donors (Lipinski definition) is 0. The molecule has 110 valence electrons. The van der Waals surface area contributed by atoms with Gasteiger partial charge in [-0.1, -0.05) is 23.5 Å². The SMILES string of the molecule is CN(C)c1ccc(-c2nc3sc(C4CC4)nn3c2C#N)cc1. The van der Waals surface area contributed by atoms with Gasteiger partial charge in [0.2, 0.25) is 4.96 Å². The molecule has 1 aliphatic rings. The number of anilines is 1. The van der Waals surface area contributed by atoms with Gasteiger partial charge in [0.1, 0.15) is 16.8 Å². The Hall–Kier alpha value is -2.39. The number of aromatic nitrogens is 3. The van der Waals surface area contributed by atoms with E-state index in [0.717, 1.165) is 21.2 Å². The summed E-state index contributed by atoms with van der Waals surface area (Å²) < 4.78 is 1.70. The van der Waals surface area contributed by atoms with Gasteiger partial charge in [-0.25, -0.2) is 4.98 Å². The van der Waals surface area contributed by atoms with Crippen molar-refractivity contribution < 1.29 is 0 Å². The van der Waals surface area contributed by atoms with Crippen molar-refractivity contribution in [3.63, 3.8) is 0 Å². The van der Waals surface area contributed by atoms with Gasteiger partial charge in [0, 0.05) is 31.3 Å². The molecule has 3 aromatic rings. The van der Waals surface area contributed by atoms with Crippen LogP contribution in [0.25, 0.3) is 16.2 Å². The normalized spacial score (nSPS) is 14.2. The number of nitriles is 1. The van der Waals surface area contributed by atoms with Crippen LogP contribution in [-0.2, 0) is 0 Å². The van der Waals surface area contributed by atoms with Gasteiger partial charge >= 0.3 is 0 Å². The van der Waals surface area contributed by atoms with Gasteiger partial charge in [-0.3, -0.25) is 0 Å². The standard InChI is InChI=1S/C16H15N5S/c1-20(2)12-7-5-10(6-8-12)14-13(9-17)21-16(18-14)22-15(19-21)11-3-4-11/h5-8,11H,3-4H2,1-2H3. The minimum atomic E-state index is 0.524. The Labute approximate surface area is 132 Å². The maximum Gasteiger partial charge on any atom is 0.214 e. The first-order valence-electron chi connectivity index (χ1n) is 7.24. The van der Waals surface area contributed by atoms with Crippen LogP contribution in [0.15, 0.2) is 24.3 Å². The van der Waals surface area contributed by atoms with Crippen molar-refractivity contribution in [3.8, 4) is 17.3 Å². The van der Waals surface area contributed by atoms with E-state index in [1.807, 2.05) is 43.3 Å². The summed E-state index contributed by atoms with van der Waals surface area (Å²) in [6.07, 6.45) is 2.41. The first kappa shape index (κ1) is 13.3. The molecule has 0 amide bonds. The number of fused-ring (bicyclic) bond motifs is 1. The molecular weight excluding hydrogens is 294 g/mol. The number of rotatable bonds is 3. The van der Waals surface area contributed by atoms with E-state index in [-0.39, 0.29) is 0 Å².